The quantitative estimate of drug-likeness (QED) is 0.743. The van der Waals surface area contributed by atoms with Gasteiger partial charge in [-0.2, -0.15) is 0 Å². The van der Waals surface area contributed by atoms with Crippen LogP contribution in [0.2, 0.25) is 0 Å². The Morgan fingerprint density at radius 3 is 2.63 bits per heavy atom. The van der Waals surface area contributed by atoms with Gasteiger partial charge in [-0.1, -0.05) is 26.0 Å². The third-order valence-corrected chi connectivity index (χ3v) is 7.63. The Bertz CT molecular complexity index is 810. The lowest BCUT2D eigenvalue weighted by Gasteiger charge is -2.60. The molecule has 0 unspecified atom stereocenters. The molecule has 8 atom stereocenters. The van der Waals surface area contributed by atoms with Crippen molar-refractivity contribution >= 4 is 5.97 Å². The van der Waals surface area contributed by atoms with Gasteiger partial charge < -0.3 is 19.3 Å². The fourth-order valence-electron chi connectivity index (χ4n) is 6.00. The second-order valence-corrected chi connectivity index (χ2v) is 9.61. The zero-order valence-corrected chi connectivity index (χ0v) is 17.7. The number of hydrogen-bond donors (Lipinski definition) is 1. The Labute approximate surface area is 176 Å². The van der Waals surface area contributed by atoms with Crippen LogP contribution in [-0.4, -0.2) is 35.0 Å². The van der Waals surface area contributed by atoms with E-state index >= 15 is 0 Å². The van der Waals surface area contributed by atoms with Crippen LogP contribution in [0.3, 0.4) is 0 Å². The van der Waals surface area contributed by atoms with Crippen LogP contribution in [0.25, 0.3) is 0 Å². The summed E-state index contributed by atoms with van der Waals surface area (Å²) in [4.78, 5) is 22.9. The van der Waals surface area contributed by atoms with Gasteiger partial charge in [0.25, 0.3) is 0 Å². The van der Waals surface area contributed by atoms with E-state index in [1.165, 1.54) is 0 Å². The van der Waals surface area contributed by atoms with E-state index in [9.17, 15) is 4.79 Å². The smallest absolute Gasteiger partial charge is 0.307 e. The second kappa shape index (κ2) is 7.19. The van der Waals surface area contributed by atoms with Gasteiger partial charge in [0.05, 0.1) is 6.42 Å². The Morgan fingerprint density at radius 2 is 1.90 bits per heavy atom. The van der Waals surface area contributed by atoms with E-state index in [1.807, 2.05) is 6.92 Å². The van der Waals surface area contributed by atoms with E-state index in [0.717, 1.165) is 31.2 Å². The van der Waals surface area contributed by atoms with E-state index in [4.69, 9.17) is 29.1 Å². The summed E-state index contributed by atoms with van der Waals surface area (Å²) in [6.07, 6.45) is 2.91. The van der Waals surface area contributed by atoms with Gasteiger partial charge in [0, 0.05) is 18.3 Å². The van der Waals surface area contributed by atoms with Crippen molar-refractivity contribution < 1.29 is 33.9 Å². The first kappa shape index (κ1) is 20.2. The number of ether oxygens (including phenoxy) is 3. The van der Waals surface area contributed by atoms with E-state index in [1.54, 1.807) is 24.3 Å². The Balaban J connectivity index is 1.41. The molecule has 0 amide bonds. The number of benzene rings is 1. The van der Waals surface area contributed by atoms with Gasteiger partial charge in [0.1, 0.15) is 5.75 Å². The van der Waals surface area contributed by atoms with Crippen LogP contribution in [0.5, 0.6) is 5.75 Å². The highest BCUT2D eigenvalue weighted by Gasteiger charge is 2.69. The molecule has 0 radical (unpaired) electrons. The molecule has 1 aromatic rings. The zero-order valence-electron chi connectivity index (χ0n) is 17.7. The molecule has 1 spiro atoms. The lowest BCUT2D eigenvalue weighted by Crippen LogP contribution is -2.70. The van der Waals surface area contributed by atoms with Crippen molar-refractivity contribution in [2.75, 3.05) is 0 Å². The molecule has 164 valence electrons. The zero-order chi connectivity index (χ0) is 21.1. The standard InChI is InChI=1S/C23H30O7/c1-13-4-9-18-14(2)20(26-16-7-5-15(6-8-16)12-19(24)25)27-21-23(18)17(13)10-11-22(3,28-21)29-30-23/h5-8,13-14,17-18,20-21H,4,9-12H2,1-3H3,(H,24,25)/t13-,14-,17+,18+,20+,21-,22-,23-/m1/s1. The first-order valence-electron chi connectivity index (χ1n) is 11.0. The van der Waals surface area contributed by atoms with Gasteiger partial charge in [-0.25, -0.2) is 9.78 Å². The Kier molecular flexibility index (Phi) is 4.85. The molecule has 2 bridgehead atoms. The number of hydrogen-bond acceptors (Lipinski definition) is 6. The van der Waals surface area contributed by atoms with Crippen molar-refractivity contribution in [2.45, 2.75) is 76.8 Å². The van der Waals surface area contributed by atoms with Gasteiger partial charge in [-0.3, -0.25) is 4.79 Å². The van der Waals surface area contributed by atoms with Crippen molar-refractivity contribution in [1.82, 2.24) is 0 Å². The average molecular weight is 418 g/mol. The monoisotopic (exact) mass is 418 g/mol. The summed E-state index contributed by atoms with van der Waals surface area (Å²) in [5.74, 6) is 0.133. The van der Waals surface area contributed by atoms with Gasteiger partial charge in [0.15, 0.2) is 11.9 Å². The summed E-state index contributed by atoms with van der Waals surface area (Å²) in [5, 5.41) is 8.95. The molecule has 1 aromatic carbocycles. The predicted molar refractivity (Wildman–Crippen MR) is 105 cm³/mol. The molecule has 1 N–H and O–H groups in total. The first-order chi connectivity index (χ1) is 14.3. The Morgan fingerprint density at radius 1 is 1.13 bits per heavy atom. The number of carboxylic acids is 1. The molecule has 5 aliphatic rings. The molecule has 0 aromatic heterocycles. The molecule has 7 nitrogen and oxygen atoms in total. The predicted octanol–water partition coefficient (Wildman–Crippen LogP) is 3.90. The second-order valence-electron chi connectivity index (χ2n) is 9.61. The van der Waals surface area contributed by atoms with Crippen LogP contribution in [-0.2, 0) is 30.5 Å². The molecule has 30 heavy (non-hydrogen) atoms. The maximum Gasteiger partial charge on any atom is 0.307 e. The largest absolute Gasteiger partial charge is 0.481 e. The summed E-state index contributed by atoms with van der Waals surface area (Å²) >= 11 is 0. The lowest BCUT2D eigenvalue weighted by molar-refractivity contribution is -0.575. The minimum atomic E-state index is -0.851. The average Bonchev–Trinajstić information content (AvgIpc) is 2.93. The van der Waals surface area contributed by atoms with Crippen molar-refractivity contribution in [3.05, 3.63) is 29.8 Å². The molecule has 1 aliphatic carbocycles. The number of carboxylic acid groups (broad SMARTS) is 1. The van der Waals surface area contributed by atoms with Gasteiger partial charge in [-0.05, 0) is 55.7 Å². The van der Waals surface area contributed by atoms with E-state index < -0.39 is 29.9 Å². The number of carbonyl (C=O) groups is 1. The summed E-state index contributed by atoms with van der Waals surface area (Å²) in [6.45, 7) is 6.35. The normalized spacial score (nSPS) is 44.8. The Hall–Kier alpha value is -1.67. The highest BCUT2D eigenvalue weighted by Crippen LogP contribution is 2.60. The molecule has 4 aliphatic heterocycles. The minimum absolute atomic E-state index is 0.00733. The van der Waals surface area contributed by atoms with Crippen LogP contribution in [0.15, 0.2) is 24.3 Å². The summed E-state index contributed by atoms with van der Waals surface area (Å²) in [5.41, 5.74) is 0.136. The van der Waals surface area contributed by atoms with Gasteiger partial charge in [0.2, 0.25) is 12.1 Å². The van der Waals surface area contributed by atoms with Gasteiger partial charge in [-0.15, -0.1) is 0 Å². The van der Waals surface area contributed by atoms with Crippen LogP contribution in [0.4, 0.5) is 0 Å². The molecule has 7 heteroatoms. The molecule has 1 saturated carbocycles. The van der Waals surface area contributed by atoms with Crippen molar-refractivity contribution in [3.63, 3.8) is 0 Å². The van der Waals surface area contributed by atoms with E-state index in [0.29, 0.717) is 17.6 Å². The highest BCUT2D eigenvalue weighted by molar-refractivity contribution is 5.70. The summed E-state index contributed by atoms with van der Waals surface area (Å²) in [7, 11) is 0. The molecular weight excluding hydrogens is 388 g/mol. The molecule has 4 saturated heterocycles. The third-order valence-electron chi connectivity index (χ3n) is 7.63. The molecular formula is C23H30O7. The van der Waals surface area contributed by atoms with Crippen LogP contribution < -0.4 is 4.74 Å². The molecule has 4 heterocycles. The van der Waals surface area contributed by atoms with Crippen molar-refractivity contribution in [1.29, 1.82) is 0 Å². The molecule has 6 rings (SSSR count). The van der Waals surface area contributed by atoms with E-state index in [2.05, 4.69) is 13.8 Å². The first-order valence-corrected chi connectivity index (χ1v) is 11.0. The topological polar surface area (TPSA) is 83.5 Å². The maximum absolute atomic E-state index is 10.9. The number of rotatable bonds is 4. The SMILES string of the molecule is C[C@H]1[C@@H](Oc2ccc(CC(=O)O)cc2)O[C@@H]2O[C@@]3(C)CC[C@H]4[C@H](C)CC[C@@H]1[C@@]24OO3. The highest BCUT2D eigenvalue weighted by atomic mass is 17.3. The third kappa shape index (κ3) is 3.14. The summed E-state index contributed by atoms with van der Waals surface area (Å²) < 4.78 is 19.0. The summed E-state index contributed by atoms with van der Waals surface area (Å²) in [6, 6.07) is 7.15. The fourth-order valence-corrected chi connectivity index (χ4v) is 6.00. The minimum Gasteiger partial charge on any atom is -0.481 e. The van der Waals surface area contributed by atoms with E-state index in [-0.39, 0.29) is 18.3 Å². The molecule has 5 fully saturated rings. The maximum atomic E-state index is 10.9. The number of aliphatic carboxylic acids is 1. The van der Waals surface area contributed by atoms with Crippen LogP contribution in [0, 0.1) is 23.7 Å². The van der Waals surface area contributed by atoms with Crippen LogP contribution >= 0.6 is 0 Å². The van der Waals surface area contributed by atoms with Gasteiger partial charge >= 0.3 is 5.97 Å². The fraction of sp³-hybridized carbons (Fsp3) is 0.696. The lowest BCUT2D eigenvalue weighted by atomic mass is 9.58. The van der Waals surface area contributed by atoms with Crippen LogP contribution in [0.1, 0.15) is 52.0 Å². The van der Waals surface area contributed by atoms with Crippen molar-refractivity contribution in [2.24, 2.45) is 23.7 Å². The number of fused-ring (bicyclic) bond motifs is 2. The van der Waals surface area contributed by atoms with Crippen molar-refractivity contribution in [3.8, 4) is 5.75 Å².